The molecule has 1 heterocycles. The third-order valence-electron chi connectivity index (χ3n) is 4.15. The zero-order valence-electron chi connectivity index (χ0n) is 14.2. The van der Waals surface area contributed by atoms with Crippen LogP contribution in [0, 0.1) is 5.82 Å². The number of amides is 3. The third-order valence-corrected chi connectivity index (χ3v) is 4.15. The van der Waals surface area contributed by atoms with Gasteiger partial charge in [-0.1, -0.05) is 26.0 Å². The molecule has 0 saturated carbocycles. The molecule has 1 aliphatic rings. The molecule has 2 rings (SSSR count). The summed E-state index contributed by atoms with van der Waals surface area (Å²) in [4.78, 5) is 25.2. The summed E-state index contributed by atoms with van der Waals surface area (Å²) in [6, 6.07) is 6.04. The zero-order chi connectivity index (χ0) is 17.9. The number of nitrogens with zero attached hydrogens (tertiary/aromatic N) is 1. The van der Waals surface area contributed by atoms with Crippen molar-refractivity contribution in [1.29, 1.82) is 0 Å². The maximum atomic E-state index is 13.4. The first-order valence-corrected chi connectivity index (χ1v) is 7.92. The molecule has 0 radical (unpaired) electrons. The number of carbonyl (C=O) groups excluding carboxylic acids is 2. The van der Waals surface area contributed by atoms with E-state index in [0.717, 1.165) is 5.56 Å². The number of primary amides is 1. The smallest absolute Gasteiger partial charge is 0.317 e. The quantitative estimate of drug-likeness (QED) is 0.871. The van der Waals surface area contributed by atoms with Crippen molar-refractivity contribution < 1.29 is 18.7 Å². The lowest BCUT2D eigenvalue weighted by molar-refractivity contribution is -0.139. The minimum Gasteiger partial charge on any atom is -0.367 e. The molecule has 1 aliphatic heterocycles. The van der Waals surface area contributed by atoms with Crippen molar-refractivity contribution in [2.45, 2.75) is 38.4 Å². The standard InChI is InChI=1S/C17H24FN3O3/c1-11-8-21(9-14(24-11)15(19)22)16(23)20-10-17(2,3)12-5-4-6-13(18)7-12/h4-7,11,14H,8-10H2,1-3H3,(H2,19,22)(H,20,23)/t11-,14?/m1/s1. The monoisotopic (exact) mass is 337 g/mol. The Kier molecular flexibility index (Phi) is 5.43. The van der Waals surface area contributed by atoms with Gasteiger partial charge in [-0.05, 0) is 24.6 Å². The average Bonchev–Trinajstić information content (AvgIpc) is 2.52. The topological polar surface area (TPSA) is 84.7 Å². The van der Waals surface area contributed by atoms with Crippen LogP contribution in [0.15, 0.2) is 24.3 Å². The van der Waals surface area contributed by atoms with E-state index in [0.29, 0.717) is 13.1 Å². The molecule has 3 N–H and O–H groups in total. The molecular formula is C17H24FN3O3. The molecule has 1 fully saturated rings. The van der Waals surface area contributed by atoms with Gasteiger partial charge in [0.25, 0.3) is 0 Å². The summed E-state index contributed by atoms with van der Waals surface area (Å²) in [6.45, 7) is 6.49. The van der Waals surface area contributed by atoms with E-state index >= 15 is 0 Å². The van der Waals surface area contributed by atoms with Crippen molar-refractivity contribution in [3.63, 3.8) is 0 Å². The fraction of sp³-hybridized carbons (Fsp3) is 0.529. The van der Waals surface area contributed by atoms with Crippen LogP contribution in [0.3, 0.4) is 0 Å². The van der Waals surface area contributed by atoms with E-state index in [1.54, 1.807) is 13.0 Å². The number of nitrogens with two attached hydrogens (primary N) is 1. The minimum atomic E-state index is -0.796. The van der Waals surface area contributed by atoms with Crippen LogP contribution in [0.5, 0.6) is 0 Å². The predicted molar refractivity (Wildman–Crippen MR) is 87.9 cm³/mol. The van der Waals surface area contributed by atoms with E-state index in [-0.39, 0.29) is 24.5 Å². The summed E-state index contributed by atoms with van der Waals surface area (Å²) in [5, 5.41) is 2.85. The summed E-state index contributed by atoms with van der Waals surface area (Å²) >= 11 is 0. The number of nitrogens with one attached hydrogen (secondary N) is 1. The maximum absolute atomic E-state index is 13.4. The Hall–Kier alpha value is -2.15. The first-order chi connectivity index (χ1) is 11.2. The molecule has 7 heteroatoms. The fourth-order valence-electron chi connectivity index (χ4n) is 2.69. The van der Waals surface area contributed by atoms with Gasteiger partial charge in [-0.2, -0.15) is 0 Å². The highest BCUT2D eigenvalue weighted by atomic mass is 19.1. The number of benzene rings is 1. The highest BCUT2D eigenvalue weighted by molar-refractivity contribution is 5.81. The highest BCUT2D eigenvalue weighted by Gasteiger charge is 2.32. The summed E-state index contributed by atoms with van der Waals surface area (Å²) in [6.07, 6.45) is -1.06. The van der Waals surface area contributed by atoms with Gasteiger partial charge in [0.1, 0.15) is 5.82 Å². The number of rotatable bonds is 4. The zero-order valence-corrected chi connectivity index (χ0v) is 14.2. The van der Waals surface area contributed by atoms with Crippen molar-refractivity contribution >= 4 is 11.9 Å². The van der Waals surface area contributed by atoms with Crippen LogP contribution in [0.4, 0.5) is 9.18 Å². The van der Waals surface area contributed by atoms with Crippen molar-refractivity contribution in [1.82, 2.24) is 10.2 Å². The van der Waals surface area contributed by atoms with Crippen LogP contribution in [-0.4, -0.2) is 48.7 Å². The molecule has 1 saturated heterocycles. The number of carbonyl (C=O) groups is 2. The Morgan fingerprint density at radius 2 is 2.12 bits per heavy atom. The summed E-state index contributed by atoms with van der Waals surface area (Å²) in [7, 11) is 0. The van der Waals surface area contributed by atoms with E-state index < -0.39 is 17.4 Å². The van der Waals surface area contributed by atoms with Gasteiger partial charge in [0.15, 0.2) is 6.10 Å². The Bertz CT molecular complexity index is 621. The lowest BCUT2D eigenvalue weighted by atomic mass is 9.84. The number of hydrogen-bond donors (Lipinski definition) is 2. The number of urea groups is 1. The van der Waals surface area contributed by atoms with Gasteiger partial charge in [-0.25, -0.2) is 9.18 Å². The van der Waals surface area contributed by atoms with Crippen LogP contribution in [0.25, 0.3) is 0 Å². The van der Waals surface area contributed by atoms with E-state index in [1.807, 2.05) is 19.9 Å². The molecule has 132 valence electrons. The minimum absolute atomic E-state index is 0.131. The summed E-state index contributed by atoms with van der Waals surface area (Å²) < 4.78 is 18.8. The number of halogens is 1. The first kappa shape index (κ1) is 18.2. The third kappa shape index (κ3) is 4.44. The van der Waals surface area contributed by atoms with Crippen molar-refractivity contribution in [2.24, 2.45) is 5.73 Å². The molecule has 2 atom stereocenters. The molecule has 0 bridgehead atoms. The lowest BCUT2D eigenvalue weighted by Gasteiger charge is -2.36. The first-order valence-electron chi connectivity index (χ1n) is 7.92. The molecule has 24 heavy (non-hydrogen) atoms. The van der Waals surface area contributed by atoms with Crippen LogP contribution in [0.2, 0.25) is 0 Å². The second-order valence-corrected chi connectivity index (χ2v) is 6.80. The Labute approximate surface area is 141 Å². The molecule has 6 nitrogen and oxygen atoms in total. The second-order valence-electron chi connectivity index (χ2n) is 6.80. The molecule has 3 amide bonds. The van der Waals surface area contributed by atoms with Gasteiger partial charge in [0.2, 0.25) is 5.91 Å². The van der Waals surface area contributed by atoms with Gasteiger partial charge < -0.3 is 20.7 Å². The highest BCUT2D eigenvalue weighted by Crippen LogP contribution is 2.23. The predicted octanol–water partition coefficient (Wildman–Crippen LogP) is 1.39. The number of ether oxygens (including phenoxy) is 1. The van der Waals surface area contributed by atoms with Gasteiger partial charge in [-0.15, -0.1) is 0 Å². The van der Waals surface area contributed by atoms with E-state index in [9.17, 15) is 14.0 Å². The van der Waals surface area contributed by atoms with Gasteiger partial charge in [-0.3, -0.25) is 4.79 Å². The molecule has 1 unspecified atom stereocenters. The Morgan fingerprint density at radius 1 is 1.42 bits per heavy atom. The molecule has 0 aromatic heterocycles. The van der Waals surface area contributed by atoms with Gasteiger partial charge in [0.05, 0.1) is 12.6 Å². The molecular weight excluding hydrogens is 313 g/mol. The van der Waals surface area contributed by atoms with Crippen molar-refractivity contribution in [3.8, 4) is 0 Å². The molecule has 1 aromatic rings. The van der Waals surface area contributed by atoms with Crippen LogP contribution in [0.1, 0.15) is 26.3 Å². The number of hydrogen-bond acceptors (Lipinski definition) is 3. The van der Waals surface area contributed by atoms with Crippen LogP contribution >= 0.6 is 0 Å². The van der Waals surface area contributed by atoms with Gasteiger partial charge in [0, 0.05) is 18.5 Å². The van der Waals surface area contributed by atoms with E-state index in [4.69, 9.17) is 10.5 Å². The lowest BCUT2D eigenvalue weighted by Crippen LogP contribution is -2.56. The van der Waals surface area contributed by atoms with Crippen molar-refractivity contribution in [3.05, 3.63) is 35.6 Å². The van der Waals surface area contributed by atoms with E-state index in [1.165, 1.54) is 17.0 Å². The maximum Gasteiger partial charge on any atom is 0.317 e. The largest absolute Gasteiger partial charge is 0.367 e. The Balaban J connectivity index is 1.98. The summed E-state index contributed by atoms with van der Waals surface area (Å²) in [5.41, 5.74) is 5.63. The SMILES string of the molecule is C[C@@H]1CN(C(=O)NCC(C)(C)c2cccc(F)c2)CC(C(N)=O)O1. The molecule has 0 aliphatic carbocycles. The average molecular weight is 337 g/mol. The second kappa shape index (κ2) is 7.17. The van der Waals surface area contributed by atoms with Crippen molar-refractivity contribution in [2.75, 3.05) is 19.6 Å². The molecule has 1 aromatic carbocycles. The molecule has 0 spiro atoms. The van der Waals surface area contributed by atoms with Crippen LogP contribution < -0.4 is 11.1 Å². The van der Waals surface area contributed by atoms with E-state index in [2.05, 4.69) is 5.32 Å². The summed E-state index contributed by atoms with van der Waals surface area (Å²) in [5.74, 6) is -0.891. The fourth-order valence-corrected chi connectivity index (χ4v) is 2.69. The number of morpholine rings is 1. The Morgan fingerprint density at radius 3 is 2.75 bits per heavy atom. The van der Waals surface area contributed by atoms with Crippen LogP contribution in [-0.2, 0) is 14.9 Å². The van der Waals surface area contributed by atoms with Gasteiger partial charge >= 0.3 is 6.03 Å². The normalized spacial score (nSPS) is 21.4.